The summed E-state index contributed by atoms with van der Waals surface area (Å²) in [5.74, 6) is -0.989. The molecule has 1 aliphatic rings. The van der Waals surface area contributed by atoms with E-state index in [9.17, 15) is 19.2 Å². The van der Waals surface area contributed by atoms with E-state index >= 15 is 0 Å². The fourth-order valence-corrected chi connectivity index (χ4v) is 5.13. The number of carbonyl (C=O) groups is 4. The molecule has 0 aromatic heterocycles. The van der Waals surface area contributed by atoms with Crippen LogP contribution in [0.4, 0.5) is 17.1 Å². The van der Waals surface area contributed by atoms with Gasteiger partial charge in [-0.15, -0.1) is 11.8 Å². The molecular weight excluding hydrogens is 600 g/mol. The molecule has 0 atom stereocenters. The van der Waals surface area contributed by atoms with Crippen molar-refractivity contribution in [3.63, 3.8) is 0 Å². The fourth-order valence-electron chi connectivity index (χ4n) is 4.43. The van der Waals surface area contributed by atoms with Crippen molar-refractivity contribution in [2.75, 3.05) is 35.1 Å². The largest absolute Gasteiger partial charge is 0.378 e. The minimum absolute atomic E-state index is 0.0172. The van der Waals surface area contributed by atoms with Gasteiger partial charge in [-0.1, -0.05) is 48.5 Å². The van der Waals surface area contributed by atoms with Gasteiger partial charge in [0, 0.05) is 35.9 Å². The first-order valence-electron chi connectivity index (χ1n) is 14.4. The smallest absolute Gasteiger partial charge is 0.272 e. The Morgan fingerprint density at radius 3 is 2.15 bits per heavy atom. The van der Waals surface area contributed by atoms with Gasteiger partial charge in [0.25, 0.3) is 17.7 Å². The van der Waals surface area contributed by atoms with E-state index < -0.39 is 11.8 Å². The molecule has 46 heavy (non-hydrogen) atoms. The van der Waals surface area contributed by atoms with Crippen LogP contribution in [0.25, 0.3) is 6.08 Å². The maximum atomic E-state index is 13.4. The van der Waals surface area contributed by atoms with Crippen molar-refractivity contribution in [1.29, 1.82) is 0 Å². The molecule has 5 rings (SSSR count). The quantitative estimate of drug-likeness (QED) is 0.165. The van der Waals surface area contributed by atoms with Crippen molar-refractivity contribution in [2.45, 2.75) is 11.3 Å². The van der Waals surface area contributed by atoms with E-state index in [0.717, 1.165) is 16.1 Å². The van der Waals surface area contributed by atoms with E-state index in [1.807, 2.05) is 67.5 Å². The maximum absolute atomic E-state index is 13.4. The van der Waals surface area contributed by atoms with Gasteiger partial charge in [-0.3, -0.25) is 19.2 Å². The number of amidine groups is 1. The van der Waals surface area contributed by atoms with Gasteiger partial charge in [-0.2, -0.15) is 10.1 Å². The molecule has 4 aromatic carbocycles. The summed E-state index contributed by atoms with van der Waals surface area (Å²) in [7, 11) is 3.88. The topological polar surface area (TPSA) is 123 Å². The van der Waals surface area contributed by atoms with Crippen LogP contribution in [0.15, 0.2) is 125 Å². The van der Waals surface area contributed by atoms with Crippen molar-refractivity contribution in [2.24, 2.45) is 5.10 Å². The van der Waals surface area contributed by atoms with Crippen LogP contribution in [0.5, 0.6) is 0 Å². The molecule has 0 fully saturated rings. The summed E-state index contributed by atoms with van der Waals surface area (Å²) in [5.41, 5.74) is 3.41. The first-order valence-corrected chi connectivity index (χ1v) is 15.4. The average molecular weight is 633 g/mol. The van der Waals surface area contributed by atoms with E-state index in [1.54, 1.807) is 66.7 Å². The lowest BCUT2D eigenvalue weighted by molar-refractivity contribution is -0.117. The Bertz CT molecular complexity index is 1770. The molecule has 0 radical (unpaired) electrons. The van der Waals surface area contributed by atoms with Crippen LogP contribution in [0.2, 0.25) is 0 Å². The third-order valence-electron chi connectivity index (χ3n) is 6.79. The van der Waals surface area contributed by atoms with Gasteiger partial charge in [0.15, 0.2) is 0 Å². The van der Waals surface area contributed by atoms with Gasteiger partial charge in [0.2, 0.25) is 5.91 Å². The highest BCUT2D eigenvalue weighted by atomic mass is 32.2. The van der Waals surface area contributed by atoms with Gasteiger partial charge in [0.1, 0.15) is 11.5 Å². The van der Waals surface area contributed by atoms with Gasteiger partial charge in [-0.25, -0.2) is 0 Å². The molecule has 0 saturated heterocycles. The number of nitrogens with zero attached hydrogens (tertiary/aromatic N) is 3. The number of thioether (sulfide) groups is 1. The number of carbonyl (C=O) groups excluding carboxylic acids is 4. The molecule has 1 heterocycles. The monoisotopic (exact) mass is 632 g/mol. The van der Waals surface area contributed by atoms with Crippen molar-refractivity contribution >= 4 is 64.4 Å². The molecular formula is C35H32N6O4S. The summed E-state index contributed by atoms with van der Waals surface area (Å²) in [6.45, 7) is 0. The second kappa shape index (κ2) is 14.9. The molecule has 0 unspecified atom stereocenters. The molecule has 10 nitrogen and oxygen atoms in total. The predicted octanol–water partition coefficient (Wildman–Crippen LogP) is 5.12. The lowest BCUT2D eigenvalue weighted by atomic mass is 10.1. The van der Waals surface area contributed by atoms with Crippen molar-refractivity contribution in [3.05, 3.63) is 126 Å². The minimum atomic E-state index is -0.489. The van der Waals surface area contributed by atoms with E-state index in [-0.39, 0.29) is 29.7 Å². The second-order valence-corrected chi connectivity index (χ2v) is 11.5. The molecule has 4 amide bonds. The number of nitrogens with one attached hydrogen (secondary N) is 3. The Morgan fingerprint density at radius 2 is 1.50 bits per heavy atom. The lowest BCUT2D eigenvalue weighted by Crippen LogP contribution is -2.31. The molecule has 232 valence electrons. The third-order valence-corrected chi connectivity index (χ3v) is 7.80. The molecule has 1 aliphatic heterocycles. The predicted molar refractivity (Wildman–Crippen MR) is 183 cm³/mol. The second-order valence-electron chi connectivity index (χ2n) is 10.4. The number of hydrogen-bond donors (Lipinski definition) is 3. The zero-order chi connectivity index (χ0) is 32.5. The average Bonchev–Trinajstić information content (AvgIpc) is 3.44. The van der Waals surface area contributed by atoms with Gasteiger partial charge in [0.05, 0.1) is 17.9 Å². The van der Waals surface area contributed by atoms with Crippen LogP contribution >= 0.6 is 11.8 Å². The summed E-state index contributed by atoms with van der Waals surface area (Å²) in [5, 5.41) is 13.8. The third kappa shape index (κ3) is 8.48. The van der Waals surface area contributed by atoms with E-state index in [0.29, 0.717) is 22.8 Å². The number of rotatable bonds is 10. The van der Waals surface area contributed by atoms with Crippen LogP contribution < -0.4 is 25.9 Å². The van der Waals surface area contributed by atoms with Crippen LogP contribution in [0, 0.1) is 0 Å². The highest BCUT2D eigenvalue weighted by molar-refractivity contribution is 8.00. The van der Waals surface area contributed by atoms with Gasteiger partial charge >= 0.3 is 0 Å². The summed E-state index contributed by atoms with van der Waals surface area (Å²) >= 11 is 1.30. The Balaban J connectivity index is 1.19. The van der Waals surface area contributed by atoms with E-state index in [2.05, 4.69) is 21.1 Å². The summed E-state index contributed by atoms with van der Waals surface area (Å²) in [6.07, 6.45) is 1.64. The number of hydrazone groups is 1. The van der Waals surface area contributed by atoms with Gasteiger partial charge in [-0.05, 0) is 72.3 Å². The lowest BCUT2D eigenvalue weighted by Gasteiger charge is -2.13. The highest BCUT2D eigenvalue weighted by Gasteiger charge is 2.26. The van der Waals surface area contributed by atoms with Crippen molar-refractivity contribution in [1.82, 2.24) is 10.6 Å². The molecule has 0 saturated carbocycles. The fraction of sp³-hybridized carbons (Fsp3) is 0.114. The first-order chi connectivity index (χ1) is 22.2. The Hall–Kier alpha value is -5.68. The Kier molecular flexibility index (Phi) is 10.3. The van der Waals surface area contributed by atoms with Crippen molar-refractivity contribution < 1.29 is 19.2 Å². The van der Waals surface area contributed by atoms with Crippen LogP contribution in [0.3, 0.4) is 0 Å². The standard InChI is InChI=1S/C35H32N6O4S/c1-40(2)27-17-13-24(14-18-27)21-30(37-34(44)25-9-5-3-6-10-25)35(45)36-26-15-19-29(20-16-26)46-23-32(42)38-31-22-33(43)41(39-31)28-11-7-4-8-12-28/h3-21H,22-23H2,1-2H3,(H,36,45)(H,37,44)(H,38,39,42)/b30-21-. The van der Waals surface area contributed by atoms with Crippen molar-refractivity contribution in [3.8, 4) is 0 Å². The zero-order valence-corrected chi connectivity index (χ0v) is 26.1. The number of hydrogen-bond acceptors (Lipinski definition) is 7. The highest BCUT2D eigenvalue weighted by Crippen LogP contribution is 2.22. The Morgan fingerprint density at radius 1 is 0.848 bits per heavy atom. The number of amides is 4. The summed E-state index contributed by atoms with van der Waals surface area (Å²) < 4.78 is 0. The molecule has 0 aliphatic carbocycles. The van der Waals surface area contributed by atoms with Crippen LogP contribution in [-0.2, 0) is 14.4 Å². The number of para-hydroxylation sites is 1. The van der Waals surface area contributed by atoms with Crippen LogP contribution in [-0.4, -0.2) is 49.3 Å². The van der Waals surface area contributed by atoms with Crippen LogP contribution in [0.1, 0.15) is 22.3 Å². The minimum Gasteiger partial charge on any atom is -0.378 e. The molecule has 11 heteroatoms. The van der Waals surface area contributed by atoms with E-state index in [4.69, 9.17) is 0 Å². The number of benzene rings is 4. The summed E-state index contributed by atoms with van der Waals surface area (Å²) in [4.78, 5) is 54.0. The zero-order valence-electron chi connectivity index (χ0n) is 25.3. The molecule has 4 aromatic rings. The maximum Gasteiger partial charge on any atom is 0.272 e. The SMILES string of the molecule is CN(C)c1ccc(/C=C(\NC(=O)c2ccccc2)C(=O)Nc2ccc(SCC(=O)NC3=NN(c4ccccc4)C(=O)C3)cc2)cc1. The van der Waals surface area contributed by atoms with Gasteiger partial charge < -0.3 is 20.9 Å². The molecule has 3 N–H and O–H groups in total. The van der Waals surface area contributed by atoms with E-state index in [1.165, 1.54) is 16.8 Å². The number of anilines is 3. The molecule has 0 bridgehead atoms. The summed E-state index contributed by atoms with van der Waals surface area (Å²) in [6, 6.07) is 32.3. The first kappa shape index (κ1) is 31.7. The normalized spacial score (nSPS) is 12.7. The molecule has 0 spiro atoms. The Labute approximate surface area is 271 Å².